The highest BCUT2D eigenvalue weighted by Gasteiger charge is 2.24. The summed E-state index contributed by atoms with van der Waals surface area (Å²) in [5.41, 5.74) is 1.09. The molecule has 27 heavy (non-hydrogen) atoms. The second kappa shape index (κ2) is 9.02. The zero-order valence-electron chi connectivity index (χ0n) is 16.0. The van der Waals surface area contributed by atoms with Crippen molar-refractivity contribution < 1.29 is 4.79 Å². The van der Waals surface area contributed by atoms with Gasteiger partial charge in [0.1, 0.15) is 0 Å². The highest BCUT2D eigenvalue weighted by atomic mass is 32.1. The van der Waals surface area contributed by atoms with Crippen molar-refractivity contribution in [3.8, 4) is 0 Å². The lowest BCUT2D eigenvalue weighted by atomic mass is 9.98. The van der Waals surface area contributed by atoms with Crippen molar-refractivity contribution in [1.82, 2.24) is 15.2 Å². The van der Waals surface area contributed by atoms with E-state index in [0.29, 0.717) is 12.5 Å². The number of benzene rings is 1. The maximum Gasteiger partial charge on any atom is 0.221 e. The number of aromatic nitrogens is 1. The Hall–Kier alpha value is -1.66. The van der Waals surface area contributed by atoms with Crippen LogP contribution in [0.15, 0.2) is 24.3 Å². The molecule has 0 bridgehead atoms. The fourth-order valence-electron chi connectivity index (χ4n) is 4.29. The molecule has 1 atom stereocenters. The number of nitrogens with one attached hydrogen (secondary N) is 1. The maximum absolute atomic E-state index is 12.3. The first-order valence-corrected chi connectivity index (χ1v) is 11.2. The summed E-state index contributed by atoms with van der Waals surface area (Å²) in [5, 5.41) is 4.26. The van der Waals surface area contributed by atoms with Crippen molar-refractivity contribution in [3.63, 3.8) is 0 Å². The summed E-state index contributed by atoms with van der Waals surface area (Å²) in [5.74, 6) is 0.220. The smallest absolute Gasteiger partial charge is 0.221 e. The SMILES string of the molecule is O=C1CC2CCCCN2CCCCN(c2nc3ccccc3s2)CCCN1. The second-order valence-electron chi connectivity index (χ2n) is 7.75. The van der Waals surface area contributed by atoms with E-state index in [1.165, 1.54) is 36.8 Å². The number of thiazole rings is 1. The van der Waals surface area contributed by atoms with E-state index < -0.39 is 0 Å². The van der Waals surface area contributed by atoms with Crippen LogP contribution in [0.5, 0.6) is 0 Å². The Morgan fingerprint density at radius 2 is 1.78 bits per heavy atom. The van der Waals surface area contributed by atoms with Crippen LogP contribution in [-0.4, -0.2) is 54.6 Å². The van der Waals surface area contributed by atoms with E-state index in [0.717, 1.165) is 49.8 Å². The van der Waals surface area contributed by atoms with Crippen LogP contribution < -0.4 is 10.2 Å². The Kier molecular flexibility index (Phi) is 6.24. The summed E-state index contributed by atoms with van der Waals surface area (Å²) in [4.78, 5) is 22.2. The predicted octanol–water partition coefficient (Wildman–Crippen LogP) is 3.65. The number of carbonyl (C=O) groups excluding carboxylic acids is 1. The number of hydrogen-bond acceptors (Lipinski definition) is 5. The minimum absolute atomic E-state index is 0.220. The molecule has 1 amide bonds. The van der Waals surface area contributed by atoms with Crippen molar-refractivity contribution in [2.75, 3.05) is 37.6 Å². The molecule has 1 aromatic heterocycles. The van der Waals surface area contributed by atoms with Gasteiger partial charge in [-0.1, -0.05) is 29.9 Å². The minimum atomic E-state index is 0.220. The van der Waals surface area contributed by atoms with Gasteiger partial charge in [0.2, 0.25) is 5.91 Å². The number of rotatable bonds is 1. The molecule has 2 aromatic rings. The molecule has 3 heterocycles. The third-order valence-electron chi connectivity index (χ3n) is 5.77. The average Bonchev–Trinajstić information content (AvgIpc) is 3.11. The predicted molar refractivity (Wildman–Crippen MR) is 113 cm³/mol. The molecule has 0 aliphatic carbocycles. The highest BCUT2D eigenvalue weighted by Crippen LogP contribution is 2.29. The lowest BCUT2D eigenvalue weighted by Crippen LogP contribution is -2.43. The number of piperidine rings is 1. The topological polar surface area (TPSA) is 48.5 Å². The summed E-state index contributed by atoms with van der Waals surface area (Å²) >= 11 is 1.78. The molecule has 0 radical (unpaired) electrons. The van der Waals surface area contributed by atoms with Gasteiger partial charge in [0.05, 0.1) is 10.2 Å². The molecule has 2 fully saturated rings. The number of para-hydroxylation sites is 1. The van der Waals surface area contributed by atoms with Gasteiger partial charge in [-0.25, -0.2) is 4.98 Å². The lowest BCUT2D eigenvalue weighted by molar-refractivity contribution is -0.122. The van der Waals surface area contributed by atoms with Gasteiger partial charge in [-0.05, 0) is 57.3 Å². The molecule has 0 saturated carbocycles. The van der Waals surface area contributed by atoms with Gasteiger partial charge < -0.3 is 10.2 Å². The maximum atomic E-state index is 12.3. The molecule has 1 aromatic carbocycles. The Balaban J connectivity index is 1.45. The van der Waals surface area contributed by atoms with Gasteiger partial charge in [0.25, 0.3) is 0 Å². The molecule has 4 rings (SSSR count). The van der Waals surface area contributed by atoms with Crippen molar-refractivity contribution in [2.45, 2.75) is 51.0 Å². The van der Waals surface area contributed by atoms with Crippen molar-refractivity contribution in [2.24, 2.45) is 0 Å². The van der Waals surface area contributed by atoms with Gasteiger partial charge >= 0.3 is 0 Å². The van der Waals surface area contributed by atoms with Crippen LogP contribution in [0.25, 0.3) is 10.2 Å². The molecular formula is C21H30N4OS. The summed E-state index contributed by atoms with van der Waals surface area (Å²) in [6.07, 6.45) is 7.72. The molecule has 2 aliphatic heterocycles. The van der Waals surface area contributed by atoms with Gasteiger partial charge in [-0.2, -0.15) is 0 Å². The third kappa shape index (κ3) is 4.79. The van der Waals surface area contributed by atoms with E-state index in [-0.39, 0.29) is 5.91 Å². The number of anilines is 1. The van der Waals surface area contributed by atoms with Gasteiger partial charge in [0, 0.05) is 32.1 Å². The van der Waals surface area contributed by atoms with Crippen molar-refractivity contribution >= 4 is 32.6 Å². The molecule has 1 unspecified atom stereocenters. The van der Waals surface area contributed by atoms with E-state index in [2.05, 4.69) is 39.4 Å². The van der Waals surface area contributed by atoms with Crippen LogP contribution >= 0.6 is 11.3 Å². The number of amides is 1. The Morgan fingerprint density at radius 1 is 1.00 bits per heavy atom. The molecule has 1 N–H and O–H groups in total. The Bertz CT molecular complexity index is 728. The van der Waals surface area contributed by atoms with E-state index in [1.54, 1.807) is 11.3 Å². The molecule has 0 spiro atoms. The van der Waals surface area contributed by atoms with Gasteiger partial charge in [-0.3, -0.25) is 9.69 Å². The molecule has 5 nitrogen and oxygen atoms in total. The first-order valence-electron chi connectivity index (χ1n) is 10.4. The Labute approximate surface area is 165 Å². The fraction of sp³-hybridized carbons (Fsp3) is 0.619. The van der Waals surface area contributed by atoms with Crippen LogP contribution in [0.2, 0.25) is 0 Å². The van der Waals surface area contributed by atoms with Crippen LogP contribution in [0.1, 0.15) is 44.9 Å². The van der Waals surface area contributed by atoms with Crippen molar-refractivity contribution in [1.29, 1.82) is 0 Å². The van der Waals surface area contributed by atoms with E-state index in [1.807, 2.05) is 0 Å². The fourth-order valence-corrected chi connectivity index (χ4v) is 5.30. The normalized spacial score (nSPS) is 23.8. The Morgan fingerprint density at radius 3 is 2.67 bits per heavy atom. The van der Waals surface area contributed by atoms with Crippen LogP contribution in [0, 0.1) is 0 Å². The van der Waals surface area contributed by atoms with Crippen molar-refractivity contribution in [3.05, 3.63) is 24.3 Å². The number of carbonyl (C=O) groups is 1. The average molecular weight is 387 g/mol. The molecule has 2 aliphatic rings. The van der Waals surface area contributed by atoms with Gasteiger partial charge in [-0.15, -0.1) is 0 Å². The zero-order valence-corrected chi connectivity index (χ0v) is 16.8. The molecule has 146 valence electrons. The first-order chi connectivity index (χ1) is 13.3. The van der Waals surface area contributed by atoms with E-state index in [9.17, 15) is 4.79 Å². The first kappa shape index (κ1) is 18.7. The largest absolute Gasteiger partial charge is 0.356 e. The third-order valence-corrected chi connectivity index (χ3v) is 6.87. The summed E-state index contributed by atoms with van der Waals surface area (Å²) in [7, 11) is 0. The summed E-state index contributed by atoms with van der Waals surface area (Å²) in [6.45, 7) is 5.03. The monoisotopic (exact) mass is 386 g/mol. The number of hydrogen-bond donors (Lipinski definition) is 1. The van der Waals surface area contributed by atoms with Gasteiger partial charge in [0.15, 0.2) is 5.13 Å². The van der Waals surface area contributed by atoms with Crippen LogP contribution in [-0.2, 0) is 4.79 Å². The standard InChI is InChI=1S/C21H30N4OS/c26-20-16-17-8-3-4-12-24(17)13-5-6-14-25(15-7-11-22-20)21-23-18-9-1-2-10-19(18)27-21/h1-2,9-10,17H,3-8,11-16H2,(H,22,26). The molecular weight excluding hydrogens is 356 g/mol. The van der Waals surface area contributed by atoms with Crippen LogP contribution in [0.3, 0.4) is 0 Å². The number of nitrogens with zero attached hydrogens (tertiary/aromatic N) is 3. The zero-order chi connectivity index (χ0) is 18.5. The summed E-state index contributed by atoms with van der Waals surface area (Å²) < 4.78 is 1.25. The molecule has 2 saturated heterocycles. The van der Waals surface area contributed by atoms with Crippen LogP contribution in [0.4, 0.5) is 5.13 Å². The number of fused-ring (bicyclic) bond motifs is 2. The lowest BCUT2D eigenvalue weighted by Gasteiger charge is -2.35. The van der Waals surface area contributed by atoms with E-state index in [4.69, 9.17) is 4.98 Å². The highest BCUT2D eigenvalue weighted by molar-refractivity contribution is 7.22. The quantitative estimate of drug-likeness (QED) is 0.813. The minimum Gasteiger partial charge on any atom is -0.356 e. The summed E-state index contributed by atoms with van der Waals surface area (Å²) in [6, 6.07) is 8.81. The van der Waals surface area contributed by atoms with E-state index >= 15 is 0 Å². The second-order valence-corrected chi connectivity index (χ2v) is 8.76. The molecule has 6 heteroatoms.